The molecule has 0 spiro atoms. The molecule has 0 radical (unpaired) electrons. The third-order valence-electron chi connectivity index (χ3n) is 3.43. The molecule has 0 amide bonds. The van der Waals surface area contributed by atoms with Crippen molar-refractivity contribution in [3.8, 4) is 0 Å². The van der Waals surface area contributed by atoms with E-state index in [1.807, 2.05) is 0 Å². The van der Waals surface area contributed by atoms with Crippen LogP contribution in [0.1, 0.15) is 29.6 Å². The van der Waals surface area contributed by atoms with Gasteiger partial charge in [0.05, 0.1) is 10.5 Å². The number of nitrogens with zero attached hydrogens (tertiary/aromatic N) is 1. The maximum Gasteiger partial charge on any atom is 0.338 e. The topological polar surface area (TPSA) is 74.7 Å². The molecule has 0 aliphatic heterocycles. The number of carboxylic acid groups (broad SMARTS) is 1. The fraction of sp³-hybridized carbons (Fsp3) is 0.417. The van der Waals surface area contributed by atoms with E-state index in [-0.39, 0.29) is 10.9 Å². The van der Waals surface area contributed by atoms with Crippen molar-refractivity contribution in [2.24, 2.45) is 0 Å². The molecule has 0 heterocycles. The van der Waals surface area contributed by atoms with Gasteiger partial charge in [0.25, 0.3) is 0 Å². The van der Waals surface area contributed by atoms with Gasteiger partial charge in [-0.15, -0.1) is 0 Å². The van der Waals surface area contributed by atoms with Crippen molar-refractivity contribution in [3.05, 3.63) is 29.6 Å². The Balaban J connectivity index is 2.40. The van der Waals surface area contributed by atoms with Crippen molar-refractivity contribution < 1.29 is 22.7 Å². The molecule has 2 rings (SSSR count). The molecule has 1 aliphatic carbocycles. The first-order valence-corrected chi connectivity index (χ1v) is 7.29. The molecule has 1 aromatic rings. The highest BCUT2D eigenvalue weighted by Gasteiger charge is 2.32. The summed E-state index contributed by atoms with van der Waals surface area (Å²) < 4.78 is 39.0. The first kappa shape index (κ1) is 14.0. The fourth-order valence-corrected chi connectivity index (χ4v) is 3.38. The lowest BCUT2D eigenvalue weighted by molar-refractivity contribution is 0.0691. The van der Waals surface area contributed by atoms with Crippen molar-refractivity contribution in [3.63, 3.8) is 0 Å². The summed E-state index contributed by atoms with van der Waals surface area (Å²) in [4.78, 5) is 10.6. The average Bonchev–Trinajstić information content (AvgIpc) is 2.26. The number of aromatic carboxylic acids is 1. The van der Waals surface area contributed by atoms with E-state index in [0.29, 0.717) is 0 Å². The zero-order chi connectivity index (χ0) is 14.2. The van der Waals surface area contributed by atoms with Crippen LogP contribution in [0.15, 0.2) is 23.1 Å². The van der Waals surface area contributed by atoms with Crippen LogP contribution in [0.5, 0.6) is 0 Å². The fourth-order valence-electron chi connectivity index (χ4n) is 1.94. The van der Waals surface area contributed by atoms with Gasteiger partial charge in [-0.1, -0.05) is 6.42 Å². The Hall–Kier alpha value is -1.47. The maximum atomic E-state index is 13.3. The predicted octanol–water partition coefficient (Wildman–Crippen LogP) is 1.70. The lowest BCUT2D eigenvalue weighted by Crippen LogP contribution is -2.41. The molecule has 1 N–H and O–H groups in total. The number of hydrogen-bond acceptors (Lipinski definition) is 3. The highest BCUT2D eigenvalue weighted by molar-refractivity contribution is 7.89. The first-order valence-electron chi connectivity index (χ1n) is 5.85. The summed E-state index contributed by atoms with van der Waals surface area (Å²) in [5, 5.41) is 8.81. The number of hydrogen-bond donors (Lipinski definition) is 1. The molecular weight excluding hydrogens is 273 g/mol. The normalized spacial score (nSPS) is 16.4. The van der Waals surface area contributed by atoms with Gasteiger partial charge < -0.3 is 5.11 Å². The van der Waals surface area contributed by atoms with E-state index in [1.54, 1.807) is 0 Å². The van der Waals surface area contributed by atoms with E-state index in [0.717, 1.165) is 37.5 Å². The van der Waals surface area contributed by atoms with Gasteiger partial charge in [-0.2, -0.15) is 4.31 Å². The maximum absolute atomic E-state index is 13.3. The van der Waals surface area contributed by atoms with Crippen LogP contribution >= 0.6 is 0 Å². The molecule has 1 fully saturated rings. The molecule has 0 bridgehead atoms. The largest absolute Gasteiger partial charge is 0.478 e. The highest BCUT2D eigenvalue weighted by Crippen LogP contribution is 2.29. The Morgan fingerprint density at radius 3 is 2.53 bits per heavy atom. The SMILES string of the molecule is CN(C1CCC1)S(=O)(=O)c1ccc(F)c(C(=O)O)c1. The summed E-state index contributed by atoms with van der Waals surface area (Å²) >= 11 is 0. The molecule has 1 aromatic carbocycles. The van der Waals surface area contributed by atoms with Crippen LogP contribution < -0.4 is 0 Å². The van der Waals surface area contributed by atoms with Crippen molar-refractivity contribution in [2.45, 2.75) is 30.2 Å². The van der Waals surface area contributed by atoms with Gasteiger partial charge in [0.15, 0.2) is 0 Å². The van der Waals surface area contributed by atoms with Crippen LogP contribution in [-0.2, 0) is 10.0 Å². The Labute approximate surface area is 110 Å². The minimum absolute atomic E-state index is 0.0525. The van der Waals surface area contributed by atoms with Gasteiger partial charge in [0.2, 0.25) is 10.0 Å². The summed E-state index contributed by atoms with van der Waals surface area (Å²) in [5.74, 6) is -2.43. The van der Waals surface area contributed by atoms with E-state index in [2.05, 4.69) is 0 Å². The zero-order valence-electron chi connectivity index (χ0n) is 10.3. The Morgan fingerprint density at radius 2 is 2.05 bits per heavy atom. The molecule has 0 atom stereocenters. The predicted molar refractivity (Wildman–Crippen MR) is 65.9 cm³/mol. The third-order valence-corrected chi connectivity index (χ3v) is 5.34. The number of carbonyl (C=O) groups is 1. The van der Waals surface area contributed by atoms with Crippen LogP contribution in [0.2, 0.25) is 0 Å². The minimum atomic E-state index is -3.77. The Bertz CT molecular complexity index is 610. The lowest BCUT2D eigenvalue weighted by Gasteiger charge is -2.33. The summed E-state index contributed by atoms with van der Waals surface area (Å²) in [7, 11) is -2.31. The molecule has 7 heteroatoms. The van der Waals surface area contributed by atoms with Crippen LogP contribution in [-0.4, -0.2) is 36.9 Å². The molecule has 19 heavy (non-hydrogen) atoms. The smallest absolute Gasteiger partial charge is 0.338 e. The van der Waals surface area contributed by atoms with Gasteiger partial charge in [-0.25, -0.2) is 17.6 Å². The number of rotatable bonds is 4. The van der Waals surface area contributed by atoms with Gasteiger partial charge in [0, 0.05) is 13.1 Å². The van der Waals surface area contributed by atoms with Gasteiger partial charge in [0.1, 0.15) is 5.82 Å². The van der Waals surface area contributed by atoms with Crippen molar-refractivity contribution in [1.82, 2.24) is 4.31 Å². The molecule has 0 unspecified atom stereocenters. The summed E-state index contributed by atoms with van der Waals surface area (Å²) in [6.07, 6.45) is 2.57. The second-order valence-electron chi connectivity index (χ2n) is 4.55. The van der Waals surface area contributed by atoms with Gasteiger partial charge in [-0.05, 0) is 31.0 Å². The van der Waals surface area contributed by atoms with Gasteiger partial charge >= 0.3 is 5.97 Å². The molecule has 104 valence electrons. The van der Waals surface area contributed by atoms with Gasteiger partial charge in [-0.3, -0.25) is 0 Å². The van der Waals surface area contributed by atoms with Crippen molar-refractivity contribution in [1.29, 1.82) is 0 Å². The number of carboxylic acids is 1. The highest BCUT2D eigenvalue weighted by atomic mass is 32.2. The Kier molecular flexibility index (Phi) is 3.60. The number of halogens is 1. The zero-order valence-corrected chi connectivity index (χ0v) is 11.2. The van der Waals surface area contributed by atoms with E-state index in [1.165, 1.54) is 11.4 Å². The van der Waals surface area contributed by atoms with Crippen molar-refractivity contribution >= 4 is 16.0 Å². The lowest BCUT2D eigenvalue weighted by atomic mass is 9.94. The second kappa shape index (κ2) is 4.90. The quantitative estimate of drug-likeness (QED) is 0.914. The van der Waals surface area contributed by atoms with Crippen LogP contribution in [0, 0.1) is 5.82 Å². The van der Waals surface area contributed by atoms with Crippen LogP contribution in [0.25, 0.3) is 0 Å². The van der Waals surface area contributed by atoms with Crippen LogP contribution in [0.3, 0.4) is 0 Å². The van der Waals surface area contributed by atoms with Crippen molar-refractivity contribution in [2.75, 3.05) is 7.05 Å². The van der Waals surface area contributed by atoms with E-state index in [4.69, 9.17) is 5.11 Å². The average molecular weight is 287 g/mol. The van der Waals surface area contributed by atoms with Crippen LogP contribution in [0.4, 0.5) is 4.39 Å². The van der Waals surface area contributed by atoms with E-state index < -0.39 is 27.4 Å². The summed E-state index contributed by atoms with van der Waals surface area (Å²) in [5.41, 5.74) is -0.636. The van der Waals surface area contributed by atoms with E-state index in [9.17, 15) is 17.6 Å². The molecule has 0 aromatic heterocycles. The molecule has 0 saturated heterocycles. The first-order chi connectivity index (χ1) is 8.84. The van der Waals surface area contributed by atoms with E-state index >= 15 is 0 Å². The number of sulfonamides is 1. The second-order valence-corrected chi connectivity index (χ2v) is 6.55. The Morgan fingerprint density at radius 1 is 1.42 bits per heavy atom. The standard InChI is InChI=1S/C12H14FNO4S/c1-14(8-3-2-4-8)19(17,18)9-5-6-11(13)10(7-9)12(15)16/h5-8H,2-4H2,1H3,(H,15,16). The summed E-state index contributed by atoms with van der Waals surface area (Å²) in [6.45, 7) is 0. The monoisotopic (exact) mass is 287 g/mol. The number of benzene rings is 1. The molecular formula is C12H14FNO4S. The summed E-state index contributed by atoms with van der Waals surface area (Å²) in [6, 6.07) is 2.77. The third kappa shape index (κ3) is 2.48. The molecule has 1 saturated carbocycles. The minimum Gasteiger partial charge on any atom is -0.478 e. The molecule has 1 aliphatic rings. The molecule has 5 nitrogen and oxygen atoms in total.